The second-order valence-corrected chi connectivity index (χ2v) is 2.65. The molecule has 0 aliphatic heterocycles. The predicted octanol–water partition coefficient (Wildman–Crippen LogP) is -0.393. The van der Waals surface area contributed by atoms with Crippen molar-refractivity contribution < 1.29 is 34.8 Å². The van der Waals surface area contributed by atoms with Crippen LogP contribution < -0.4 is 0 Å². The minimum atomic E-state index is -0.980. The van der Waals surface area contributed by atoms with E-state index >= 15 is 0 Å². The lowest BCUT2D eigenvalue weighted by Crippen LogP contribution is -2.03. The Kier molecular flexibility index (Phi) is 26.5. The number of ether oxygens (including phenoxy) is 1. The topological polar surface area (TPSA) is 124 Å². The second kappa shape index (κ2) is 20.8. The molecule has 0 aromatic rings. The van der Waals surface area contributed by atoms with Gasteiger partial charge in [0, 0.05) is 0 Å². The molecule has 0 spiro atoms. The molecule has 0 aliphatic rings. The van der Waals surface area contributed by atoms with Crippen molar-refractivity contribution in [2.45, 2.75) is 0 Å². The van der Waals surface area contributed by atoms with Crippen molar-refractivity contribution >= 4 is 35.1 Å². The van der Waals surface area contributed by atoms with E-state index in [9.17, 15) is 9.59 Å². The summed E-state index contributed by atoms with van der Waals surface area (Å²) in [5, 5.41) is 31.4. The number of carboxylic acids is 2. The van der Waals surface area contributed by atoms with E-state index in [1.807, 2.05) is 0 Å². The van der Waals surface area contributed by atoms with Crippen molar-refractivity contribution in [2.75, 3.05) is 38.2 Å². The first kappa shape index (κ1) is 21.7. The van der Waals surface area contributed by atoms with Crippen LogP contribution in [0.4, 0.5) is 0 Å². The average molecular weight is 295 g/mol. The lowest BCUT2D eigenvalue weighted by atomic mass is 10.7. The molecule has 104 valence electrons. The number of aliphatic carboxylic acids is 2. The van der Waals surface area contributed by atoms with Gasteiger partial charge in [0.05, 0.1) is 26.4 Å². The SMILES string of the molecule is O=C(O)CCl.O=C(O)CCl.OCCOCCO. The summed E-state index contributed by atoms with van der Waals surface area (Å²) < 4.78 is 4.63. The number of rotatable bonds is 6. The zero-order valence-electron chi connectivity index (χ0n) is 9.01. The molecule has 9 heteroatoms. The van der Waals surface area contributed by atoms with Gasteiger partial charge in [0.1, 0.15) is 11.8 Å². The van der Waals surface area contributed by atoms with Gasteiger partial charge < -0.3 is 25.2 Å². The van der Waals surface area contributed by atoms with Gasteiger partial charge in [-0.15, -0.1) is 23.2 Å². The van der Waals surface area contributed by atoms with Crippen LogP contribution in [0.5, 0.6) is 0 Å². The van der Waals surface area contributed by atoms with E-state index in [1.54, 1.807) is 0 Å². The van der Waals surface area contributed by atoms with Crippen LogP contribution in [0.15, 0.2) is 0 Å². The van der Waals surface area contributed by atoms with Crippen molar-refractivity contribution in [3.05, 3.63) is 0 Å². The van der Waals surface area contributed by atoms with Gasteiger partial charge in [-0.2, -0.15) is 0 Å². The largest absolute Gasteiger partial charge is 0.480 e. The van der Waals surface area contributed by atoms with Crippen LogP contribution in [-0.2, 0) is 14.3 Å². The van der Waals surface area contributed by atoms with Gasteiger partial charge in [-0.25, -0.2) is 0 Å². The third-order valence-electron chi connectivity index (χ3n) is 0.700. The molecule has 0 saturated heterocycles. The Balaban J connectivity index is -0.000000177. The van der Waals surface area contributed by atoms with Crippen LogP contribution >= 0.6 is 23.2 Å². The molecule has 0 rings (SSSR count). The molecule has 0 heterocycles. The van der Waals surface area contributed by atoms with Crippen molar-refractivity contribution in [2.24, 2.45) is 0 Å². The van der Waals surface area contributed by atoms with E-state index in [4.69, 9.17) is 43.6 Å². The number of hydrogen-bond acceptors (Lipinski definition) is 5. The third-order valence-corrected chi connectivity index (χ3v) is 1.16. The van der Waals surface area contributed by atoms with Gasteiger partial charge in [-0.3, -0.25) is 9.59 Å². The molecule has 0 unspecified atom stereocenters. The third kappa shape index (κ3) is 50.5. The molecule has 0 bridgehead atoms. The highest BCUT2D eigenvalue weighted by molar-refractivity contribution is 6.26. The van der Waals surface area contributed by atoms with E-state index in [0.717, 1.165) is 0 Å². The van der Waals surface area contributed by atoms with E-state index in [2.05, 4.69) is 4.74 Å². The standard InChI is InChI=1S/C4H10O3.2C2H3ClO2/c5-1-3-7-4-2-6;2*3-1-2(4)5/h5-6H,1-4H2;2*1H2,(H,4,5). The second-order valence-electron chi connectivity index (χ2n) is 2.11. The lowest BCUT2D eigenvalue weighted by Gasteiger charge is -1.94. The molecule has 17 heavy (non-hydrogen) atoms. The Morgan fingerprint density at radius 3 is 1.24 bits per heavy atom. The van der Waals surface area contributed by atoms with Crippen LogP contribution in [0, 0.1) is 0 Å². The first-order valence-electron chi connectivity index (χ1n) is 4.31. The Hall–Kier alpha value is -0.600. The number of hydrogen-bond donors (Lipinski definition) is 4. The first-order chi connectivity index (χ1) is 7.95. The summed E-state index contributed by atoms with van der Waals surface area (Å²) in [7, 11) is 0. The van der Waals surface area contributed by atoms with Crippen LogP contribution in [0.25, 0.3) is 0 Å². The van der Waals surface area contributed by atoms with Gasteiger partial charge in [0.25, 0.3) is 0 Å². The van der Waals surface area contributed by atoms with E-state index in [0.29, 0.717) is 13.2 Å². The number of carbonyl (C=O) groups is 2. The van der Waals surface area contributed by atoms with Crippen molar-refractivity contribution in [1.82, 2.24) is 0 Å². The van der Waals surface area contributed by atoms with E-state index < -0.39 is 11.9 Å². The van der Waals surface area contributed by atoms with Crippen molar-refractivity contribution in [3.63, 3.8) is 0 Å². The highest BCUT2D eigenvalue weighted by Crippen LogP contribution is 1.69. The van der Waals surface area contributed by atoms with Gasteiger partial charge in [0.15, 0.2) is 0 Å². The number of carboxylic acid groups (broad SMARTS) is 2. The molecule has 0 amide bonds. The summed E-state index contributed by atoms with van der Waals surface area (Å²) in [5.41, 5.74) is 0. The molecule has 4 N–H and O–H groups in total. The summed E-state index contributed by atoms with van der Waals surface area (Å²) in [6.45, 7) is 0.696. The van der Waals surface area contributed by atoms with Gasteiger partial charge in [-0.1, -0.05) is 0 Å². The van der Waals surface area contributed by atoms with E-state index in [1.165, 1.54) is 0 Å². The summed E-state index contributed by atoms with van der Waals surface area (Å²) in [6.07, 6.45) is 0. The Labute approximate surface area is 109 Å². The summed E-state index contributed by atoms with van der Waals surface area (Å²) in [4.78, 5) is 18.5. The first-order valence-corrected chi connectivity index (χ1v) is 5.38. The van der Waals surface area contributed by atoms with Crippen molar-refractivity contribution in [1.29, 1.82) is 0 Å². The fourth-order valence-electron chi connectivity index (χ4n) is 0.231. The minimum Gasteiger partial charge on any atom is -0.480 e. The molecule has 0 aromatic carbocycles. The molecular weight excluding hydrogens is 279 g/mol. The molecule has 0 atom stereocenters. The number of halogens is 2. The Morgan fingerprint density at radius 2 is 1.12 bits per heavy atom. The number of aliphatic hydroxyl groups is 2. The summed E-state index contributed by atoms with van der Waals surface area (Å²) >= 11 is 9.47. The van der Waals surface area contributed by atoms with Gasteiger partial charge >= 0.3 is 11.9 Å². The van der Waals surface area contributed by atoms with Crippen molar-refractivity contribution in [3.8, 4) is 0 Å². The number of alkyl halides is 2. The zero-order valence-corrected chi connectivity index (χ0v) is 10.5. The summed E-state index contributed by atoms with van der Waals surface area (Å²) in [5.74, 6) is -2.57. The fourth-order valence-corrected chi connectivity index (χ4v) is 0.231. The molecular formula is C8H16Cl2O7. The lowest BCUT2D eigenvalue weighted by molar-refractivity contribution is -0.135. The monoisotopic (exact) mass is 294 g/mol. The highest BCUT2D eigenvalue weighted by atomic mass is 35.5. The highest BCUT2D eigenvalue weighted by Gasteiger charge is 1.84. The van der Waals surface area contributed by atoms with Gasteiger partial charge in [-0.05, 0) is 0 Å². The molecule has 7 nitrogen and oxygen atoms in total. The van der Waals surface area contributed by atoms with Crippen LogP contribution in [0.2, 0.25) is 0 Å². The quantitative estimate of drug-likeness (QED) is 0.388. The maximum Gasteiger partial charge on any atom is 0.318 e. The minimum absolute atomic E-state index is 0.0278. The van der Waals surface area contributed by atoms with Crippen LogP contribution in [-0.4, -0.2) is 70.6 Å². The normalized spacial score (nSPS) is 8.24. The smallest absolute Gasteiger partial charge is 0.318 e. The van der Waals surface area contributed by atoms with E-state index in [-0.39, 0.29) is 25.0 Å². The van der Waals surface area contributed by atoms with Crippen LogP contribution in [0.1, 0.15) is 0 Å². The Bertz CT molecular complexity index is 159. The Morgan fingerprint density at radius 1 is 0.882 bits per heavy atom. The molecule has 0 radical (unpaired) electrons. The molecule has 0 saturated carbocycles. The molecule has 0 aliphatic carbocycles. The maximum atomic E-state index is 9.24. The maximum absolute atomic E-state index is 9.24. The summed E-state index contributed by atoms with van der Waals surface area (Å²) in [6, 6.07) is 0. The molecule has 0 aromatic heterocycles. The molecule has 0 fully saturated rings. The average Bonchev–Trinajstić information content (AvgIpc) is 2.31. The van der Waals surface area contributed by atoms with Crippen LogP contribution in [0.3, 0.4) is 0 Å². The predicted molar refractivity (Wildman–Crippen MR) is 61.7 cm³/mol. The zero-order chi connectivity index (χ0) is 14.1. The number of aliphatic hydroxyl groups excluding tert-OH is 2. The van der Waals surface area contributed by atoms with Gasteiger partial charge in [0.2, 0.25) is 0 Å². The fraction of sp³-hybridized carbons (Fsp3) is 0.750.